The molecular weight excluding hydrogens is 410 g/mol. The second-order valence-corrected chi connectivity index (χ2v) is 7.69. The summed E-state index contributed by atoms with van der Waals surface area (Å²) >= 11 is 0. The van der Waals surface area contributed by atoms with E-state index in [1.165, 1.54) is 0 Å². The van der Waals surface area contributed by atoms with Crippen LogP contribution in [-0.2, 0) is 32.1 Å². The molecule has 3 rings (SSSR count). The summed E-state index contributed by atoms with van der Waals surface area (Å²) in [5.74, 6) is -1.65. The van der Waals surface area contributed by atoms with E-state index in [0.29, 0.717) is 16.5 Å². The first-order valence-electron chi connectivity index (χ1n) is 10.6. The first-order chi connectivity index (χ1) is 15.4. The van der Waals surface area contributed by atoms with E-state index in [9.17, 15) is 14.4 Å². The van der Waals surface area contributed by atoms with Crippen LogP contribution in [0.5, 0.6) is 0 Å². The van der Waals surface area contributed by atoms with Crippen molar-refractivity contribution in [2.24, 2.45) is 5.92 Å². The highest BCUT2D eigenvalue weighted by atomic mass is 16.5. The predicted octanol–water partition coefficient (Wildman–Crippen LogP) is 4.04. The molecule has 0 radical (unpaired) electrons. The number of esters is 2. The van der Waals surface area contributed by atoms with Gasteiger partial charge in [-0.15, -0.1) is 0 Å². The molecule has 1 amide bonds. The van der Waals surface area contributed by atoms with Crippen LogP contribution in [0.2, 0.25) is 0 Å². The number of hydrogen-bond donors (Lipinski definition) is 1. The Morgan fingerprint density at radius 1 is 0.969 bits per heavy atom. The maximum absolute atomic E-state index is 12.8. The van der Waals surface area contributed by atoms with Crippen molar-refractivity contribution >= 4 is 28.8 Å². The van der Waals surface area contributed by atoms with Crippen LogP contribution in [0.25, 0.3) is 11.0 Å². The highest BCUT2D eigenvalue weighted by molar-refractivity contribution is 5.96. The van der Waals surface area contributed by atoms with E-state index < -0.39 is 18.0 Å². The summed E-state index contributed by atoms with van der Waals surface area (Å²) < 4.78 is 16.2. The number of para-hydroxylation sites is 1. The van der Waals surface area contributed by atoms with E-state index in [-0.39, 0.29) is 37.2 Å². The van der Waals surface area contributed by atoms with E-state index >= 15 is 0 Å². The van der Waals surface area contributed by atoms with Crippen molar-refractivity contribution < 1.29 is 28.3 Å². The fraction of sp³-hybridized carbons (Fsp3) is 0.320. The highest BCUT2D eigenvalue weighted by Gasteiger charge is 2.28. The molecule has 0 aliphatic rings. The Morgan fingerprint density at radius 2 is 1.66 bits per heavy atom. The third-order valence-corrected chi connectivity index (χ3v) is 4.96. The standard InChI is InChI=1S/C25H27NO6/c1-4-30-25(29)23-19(18-12-8-9-13-20(18)32-23)15-31-24(28)22(16(2)3)26-21(27)14-17-10-6-5-7-11-17/h5-13,16,22H,4,14-15H2,1-3H3,(H,26,27). The quantitative estimate of drug-likeness (QED) is 0.508. The molecule has 1 atom stereocenters. The smallest absolute Gasteiger partial charge is 0.374 e. The molecule has 1 heterocycles. The van der Waals surface area contributed by atoms with Crippen LogP contribution in [0, 0.1) is 5.92 Å². The van der Waals surface area contributed by atoms with Gasteiger partial charge in [-0.25, -0.2) is 9.59 Å². The van der Waals surface area contributed by atoms with Crippen LogP contribution in [0.15, 0.2) is 59.0 Å². The lowest BCUT2D eigenvalue weighted by molar-refractivity contribution is -0.150. The Labute approximate surface area is 186 Å². The van der Waals surface area contributed by atoms with Crippen LogP contribution < -0.4 is 5.32 Å². The normalized spacial score (nSPS) is 11.9. The number of nitrogens with one attached hydrogen (secondary N) is 1. The second-order valence-electron chi connectivity index (χ2n) is 7.69. The second kappa shape index (κ2) is 10.6. The van der Waals surface area contributed by atoms with Gasteiger partial charge in [0.15, 0.2) is 0 Å². The minimum Gasteiger partial charge on any atom is -0.460 e. The van der Waals surface area contributed by atoms with Crippen molar-refractivity contribution in [1.82, 2.24) is 5.32 Å². The maximum Gasteiger partial charge on any atom is 0.374 e. The molecule has 1 aromatic heterocycles. The van der Waals surface area contributed by atoms with Gasteiger partial charge in [0.25, 0.3) is 0 Å². The molecule has 1 N–H and O–H groups in total. The molecule has 2 aromatic carbocycles. The molecule has 0 aliphatic carbocycles. The molecule has 0 bridgehead atoms. The monoisotopic (exact) mass is 437 g/mol. The Morgan fingerprint density at radius 3 is 2.34 bits per heavy atom. The third kappa shape index (κ3) is 5.55. The molecule has 0 fully saturated rings. The molecule has 0 aliphatic heterocycles. The molecule has 7 heteroatoms. The van der Waals surface area contributed by atoms with Gasteiger partial charge in [-0.05, 0) is 24.5 Å². The summed E-state index contributed by atoms with van der Waals surface area (Å²) in [4.78, 5) is 37.6. The van der Waals surface area contributed by atoms with Gasteiger partial charge in [-0.1, -0.05) is 62.4 Å². The van der Waals surface area contributed by atoms with E-state index in [1.54, 1.807) is 31.2 Å². The van der Waals surface area contributed by atoms with Gasteiger partial charge in [-0.2, -0.15) is 0 Å². The lowest BCUT2D eigenvalue weighted by Gasteiger charge is -2.21. The predicted molar refractivity (Wildman–Crippen MR) is 119 cm³/mol. The van der Waals surface area contributed by atoms with Crippen molar-refractivity contribution in [2.45, 2.75) is 39.8 Å². The Bertz CT molecular complexity index is 1090. The maximum atomic E-state index is 12.8. The average molecular weight is 437 g/mol. The van der Waals surface area contributed by atoms with Gasteiger partial charge >= 0.3 is 11.9 Å². The number of ether oxygens (including phenoxy) is 2. The summed E-state index contributed by atoms with van der Waals surface area (Å²) in [6, 6.07) is 15.6. The first-order valence-corrected chi connectivity index (χ1v) is 10.6. The lowest BCUT2D eigenvalue weighted by atomic mass is 10.0. The van der Waals surface area contributed by atoms with Crippen LogP contribution in [0.4, 0.5) is 0 Å². The Hall–Kier alpha value is -3.61. The van der Waals surface area contributed by atoms with Gasteiger partial charge < -0.3 is 19.2 Å². The minimum absolute atomic E-state index is 0.00931. The molecule has 1 unspecified atom stereocenters. The summed E-state index contributed by atoms with van der Waals surface area (Å²) in [5, 5.41) is 3.43. The molecule has 168 valence electrons. The molecule has 0 saturated carbocycles. The molecule has 0 saturated heterocycles. The summed E-state index contributed by atoms with van der Waals surface area (Å²) in [7, 11) is 0. The number of fused-ring (bicyclic) bond motifs is 1. The SMILES string of the molecule is CCOC(=O)c1oc2ccccc2c1COC(=O)C(NC(=O)Cc1ccccc1)C(C)C. The van der Waals surface area contributed by atoms with E-state index in [1.807, 2.05) is 44.2 Å². The lowest BCUT2D eigenvalue weighted by Crippen LogP contribution is -2.45. The first kappa shape index (κ1) is 23.1. The zero-order valence-electron chi connectivity index (χ0n) is 18.4. The van der Waals surface area contributed by atoms with Crippen LogP contribution in [-0.4, -0.2) is 30.5 Å². The summed E-state index contributed by atoms with van der Waals surface area (Å²) in [5.41, 5.74) is 1.79. The van der Waals surface area contributed by atoms with Gasteiger partial charge in [0, 0.05) is 5.39 Å². The number of amides is 1. The van der Waals surface area contributed by atoms with Crippen molar-refractivity contribution in [3.8, 4) is 0 Å². The highest BCUT2D eigenvalue weighted by Crippen LogP contribution is 2.27. The zero-order valence-corrected chi connectivity index (χ0v) is 18.4. The van der Waals surface area contributed by atoms with Gasteiger partial charge in [0.05, 0.1) is 18.6 Å². The average Bonchev–Trinajstić information content (AvgIpc) is 3.15. The van der Waals surface area contributed by atoms with Gasteiger partial charge in [0.2, 0.25) is 11.7 Å². The fourth-order valence-corrected chi connectivity index (χ4v) is 3.34. The number of hydrogen-bond acceptors (Lipinski definition) is 6. The van der Waals surface area contributed by atoms with Crippen LogP contribution in [0.3, 0.4) is 0 Å². The van der Waals surface area contributed by atoms with Crippen molar-refractivity contribution in [2.75, 3.05) is 6.61 Å². The number of carbonyl (C=O) groups is 3. The topological polar surface area (TPSA) is 94.8 Å². The Balaban J connectivity index is 1.72. The van der Waals surface area contributed by atoms with Crippen molar-refractivity contribution in [3.05, 3.63) is 71.5 Å². The van der Waals surface area contributed by atoms with Gasteiger partial charge in [0.1, 0.15) is 18.2 Å². The zero-order chi connectivity index (χ0) is 23.1. The summed E-state index contributed by atoms with van der Waals surface area (Å²) in [6.45, 7) is 5.36. The van der Waals surface area contributed by atoms with E-state index in [2.05, 4.69) is 5.32 Å². The number of furan rings is 1. The molecule has 0 spiro atoms. The molecular formula is C25H27NO6. The largest absolute Gasteiger partial charge is 0.460 e. The molecule has 32 heavy (non-hydrogen) atoms. The fourth-order valence-electron chi connectivity index (χ4n) is 3.34. The third-order valence-electron chi connectivity index (χ3n) is 4.96. The molecule has 7 nitrogen and oxygen atoms in total. The van der Waals surface area contributed by atoms with Crippen LogP contribution in [0.1, 0.15) is 42.5 Å². The van der Waals surface area contributed by atoms with Crippen molar-refractivity contribution in [1.29, 1.82) is 0 Å². The number of rotatable bonds is 9. The van der Waals surface area contributed by atoms with Gasteiger partial charge in [-0.3, -0.25) is 4.79 Å². The molecule has 3 aromatic rings. The number of benzene rings is 2. The minimum atomic E-state index is -0.824. The van der Waals surface area contributed by atoms with E-state index in [4.69, 9.17) is 13.9 Å². The summed E-state index contributed by atoms with van der Waals surface area (Å²) in [6.07, 6.45) is 0.163. The van der Waals surface area contributed by atoms with Crippen LogP contribution >= 0.6 is 0 Å². The Kier molecular flexibility index (Phi) is 7.65. The number of carbonyl (C=O) groups excluding carboxylic acids is 3. The van der Waals surface area contributed by atoms with E-state index in [0.717, 1.165) is 5.56 Å². The van der Waals surface area contributed by atoms with Crippen molar-refractivity contribution in [3.63, 3.8) is 0 Å².